The van der Waals surface area contributed by atoms with Crippen molar-refractivity contribution in [3.05, 3.63) is 40.0 Å². The lowest BCUT2D eigenvalue weighted by Gasteiger charge is -2.34. The summed E-state index contributed by atoms with van der Waals surface area (Å²) in [6, 6.07) is 3.56. The van der Waals surface area contributed by atoms with E-state index in [0.717, 1.165) is 68.5 Å². The van der Waals surface area contributed by atoms with Crippen LogP contribution in [0.5, 0.6) is 0 Å². The Morgan fingerprint density at radius 1 is 1.14 bits per heavy atom. The van der Waals surface area contributed by atoms with Crippen LogP contribution in [0.15, 0.2) is 23.7 Å². The van der Waals surface area contributed by atoms with Crippen LogP contribution in [0.3, 0.4) is 0 Å². The molecule has 0 aliphatic carbocycles. The molecule has 2 aromatic heterocycles. The highest BCUT2D eigenvalue weighted by Crippen LogP contribution is 2.36. The highest BCUT2D eigenvalue weighted by atomic mass is 32.1. The van der Waals surface area contributed by atoms with E-state index >= 15 is 0 Å². The van der Waals surface area contributed by atoms with Crippen molar-refractivity contribution in [1.82, 2.24) is 14.9 Å². The molecule has 1 amide bonds. The van der Waals surface area contributed by atoms with Gasteiger partial charge in [0, 0.05) is 43.7 Å². The number of aromatic nitrogens is 2. The molecule has 2 saturated heterocycles. The van der Waals surface area contributed by atoms with Gasteiger partial charge in [0.1, 0.15) is 5.82 Å². The summed E-state index contributed by atoms with van der Waals surface area (Å²) in [5.74, 6) is 0.522. The largest absolute Gasteiger partial charge is 0.434 e. The predicted octanol–water partition coefficient (Wildman–Crippen LogP) is 4.57. The van der Waals surface area contributed by atoms with Gasteiger partial charge in [-0.15, -0.1) is 11.3 Å². The third kappa shape index (κ3) is 4.39. The van der Waals surface area contributed by atoms with E-state index in [2.05, 4.69) is 9.97 Å². The van der Waals surface area contributed by atoms with Crippen molar-refractivity contribution in [2.75, 3.05) is 31.1 Å². The summed E-state index contributed by atoms with van der Waals surface area (Å²) < 4.78 is 38.7. The van der Waals surface area contributed by atoms with Crippen molar-refractivity contribution in [2.45, 2.75) is 44.2 Å². The van der Waals surface area contributed by atoms with Crippen LogP contribution in [0, 0.1) is 0 Å². The first kappa shape index (κ1) is 20.1. The van der Waals surface area contributed by atoms with Gasteiger partial charge in [-0.2, -0.15) is 13.2 Å². The average Bonchev–Trinajstić information content (AvgIpc) is 3.25. The second-order valence-corrected chi connectivity index (χ2v) is 8.47. The van der Waals surface area contributed by atoms with E-state index in [9.17, 15) is 18.0 Å². The second kappa shape index (κ2) is 8.30. The van der Waals surface area contributed by atoms with Crippen molar-refractivity contribution in [3.63, 3.8) is 0 Å². The first-order valence-electron chi connectivity index (χ1n) is 9.95. The number of amides is 1. The molecule has 2 fully saturated rings. The molecule has 5 nitrogen and oxygen atoms in total. The highest BCUT2D eigenvalue weighted by Gasteiger charge is 2.35. The number of carbonyl (C=O) groups excluding carboxylic acids is 1. The number of alkyl halides is 3. The van der Waals surface area contributed by atoms with Gasteiger partial charge >= 0.3 is 6.18 Å². The van der Waals surface area contributed by atoms with E-state index in [0.29, 0.717) is 22.9 Å². The van der Waals surface area contributed by atoms with Crippen LogP contribution in [0.1, 0.15) is 59.1 Å². The van der Waals surface area contributed by atoms with Crippen molar-refractivity contribution in [1.29, 1.82) is 0 Å². The maximum atomic E-state index is 13.1. The molecular weight excluding hydrogens is 401 g/mol. The summed E-state index contributed by atoms with van der Waals surface area (Å²) in [4.78, 5) is 25.3. The van der Waals surface area contributed by atoms with Gasteiger partial charge in [-0.1, -0.05) is 0 Å². The smallest absolute Gasteiger partial charge is 0.355 e. The van der Waals surface area contributed by atoms with Gasteiger partial charge in [-0.25, -0.2) is 9.97 Å². The topological polar surface area (TPSA) is 49.3 Å². The number of hydrogen-bond donors (Lipinski definition) is 0. The fourth-order valence-corrected chi connectivity index (χ4v) is 5.01. The molecule has 9 heteroatoms. The summed E-state index contributed by atoms with van der Waals surface area (Å²) in [5, 5.41) is 1.59. The normalized spacial score (nSPS) is 20.7. The lowest BCUT2D eigenvalue weighted by atomic mass is 9.98. The number of carbonyl (C=O) groups is 1. The third-order valence-corrected chi connectivity index (χ3v) is 6.55. The Balaban J connectivity index is 1.54. The van der Waals surface area contributed by atoms with Crippen LogP contribution in [0.2, 0.25) is 0 Å². The number of nitrogens with zero attached hydrogens (tertiary/aromatic N) is 4. The Morgan fingerprint density at radius 3 is 2.66 bits per heavy atom. The number of likely N-dealkylation sites (tertiary alicyclic amines) is 1. The Hall–Kier alpha value is -2.16. The molecule has 29 heavy (non-hydrogen) atoms. The summed E-state index contributed by atoms with van der Waals surface area (Å²) in [6.07, 6.45) is 2.01. The molecule has 0 spiro atoms. The fraction of sp³-hybridized carbons (Fsp3) is 0.550. The zero-order valence-electron chi connectivity index (χ0n) is 16.0. The molecule has 0 saturated carbocycles. The molecule has 0 radical (unpaired) electrons. The zero-order chi connectivity index (χ0) is 20.4. The number of pyridine rings is 1. The standard InChI is InChI=1S/C20H23F3N4OS/c21-20(22,23)16-13-29-18(25-16)14-6-5-11-27(12-14)17-15(7-4-8-24-17)19(28)26-9-2-1-3-10-26/h4,7-8,13-14H,1-3,5-6,9-12H2. The van der Waals surface area contributed by atoms with Crippen molar-refractivity contribution in [2.24, 2.45) is 0 Å². The van der Waals surface area contributed by atoms with Gasteiger partial charge in [0.05, 0.1) is 10.6 Å². The molecule has 4 rings (SSSR count). The monoisotopic (exact) mass is 424 g/mol. The molecule has 2 aromatic rings. The van der Waals surface area contributed by atoms with E-state index in [1.54, 1.807) is 18.3 Å². The van der Waals surface area contributed by atoms with Gasteiger partial charge in [0.2, 0.25) is 0 Å². The van der Waals surface area contributed by atoms with Crippen molar-refractivity contribution < 1.29 is 18.0 Å². The summed E-state index contributed by atoms with van der Waals surface area (Å²) in [5.41, 5.74) is -0.251. The molecule has 0 bridgehead atoms. The molecule has 0 N–H and O–H groups in total. The number of hydrogen-bond acceptors (Lipinski definition) is 5. The minimum Gasteiger partial charge on any atom is -0.355 e. The minimum atomic E-state index is -4.42. The highest BCUT2D eigenvalue weighted by molar-refractivity contribution is 7.09. The van der Waals surface area contributed by atoms with Gasteiger partial charge < -0.3 is 9.80 Å². The molecule has 4 heterocycles. The first-order chi connectivity index (χ1) is 13.9. The Morgan fingerprint density at radius 2 is 1.93 bits per heavy atom. The average molecular weight is 424 g/mol. The first-order valence-corrected chi connectivity index (χ1v) is 10.8. The SMILES string of the molecule is O=C(c1cccnc1N1CCCC(c2nc(C(F)(F)F)cs2)C1)N1CCCCC1. The predicted molar refractivity (Wildman–Crippen MR) is 105 cm³/mol. The molecule has 156 valence electrons. The molecule has 2 aliphatic heterocycles. The van der Waals surface area contributed by atoms with Gasteiger partial charge in [0.15, 0.2) is 5.69 Å². The van der Waals surface area contributed by atoms with E-state index in [1.165, 1.54) is 0 Å². The van der Waals surface area contributed by atoms with Gasteiger partial charge in [-0.05, 0) is 44.2 Å². The Labute approximate surface area is 171 Å². The maximum absolute atomic E-state index is 13.1. The number of rotatable bonds is 3. The number of anilines is 1. The zero-order valence-corrected chi connectivity index (χ0v) is 16.8. The Kier molecular flexibility index (Phi) is 5.76. The van der Waals surface area contributed by atoms with Gasteiger partial charge in [-0.3, -0.25) is 4.79 Å². The van der Waals surface area contributed by atoms with E-state index < -0.39 is 11.9 Å². The number of halogens is 3. The number of piperidine rings is 2. The molecule has 1 atom stereocenters. The molecular formula is C20H23F3N4OS. The van der Waals surface area contributed by atoms with Crippen molar-refractivity contribution >= 4 is 23.1 Å². The minimum absolute atomic E-state index is 0.0106. The van der Waals surface area contributed by atoms with Crippen LogP contribution >= 0.6 is 11.3 Å². The van der Waals surface area contributed by atoms with Crippen LogP contribution in [-0.4, -0.2) is 47.0 Å². The van der Waals surface area contributed by atoms with E-state index in [4.69, 9.17) is 0 Å². The van der Waals surface area contributed by atoms with Crippen LogP contribution in [0.25, 0.3) is 0 Å². The quantitative estimate of drug-likeness (QED) is 0.725. The lowest BCUT2D eigenvalue weighted by Crippen LogP contribution is -2.39. The molecule has 1 unspecified atom stereocenters. The van der Waals surface area contributed by atoms with Crippen LogP contribution < -0.4 is 4.90 Å². The Bertz CT molecular complexity index is 863. The van der Waals surface area contributed by atoms with Gasteiger partial charge in [0.25, 0.3) is 5.91 Å². The molecule has 2 aliphatic rings. The second-order valence-electron chi connectivity index (χ2n) is 7.58. The van der Waals surface area contributed by atoms with Crippen LogP contribution in [0.4, 0.5) is 19.0 Å². The summed E-state index contributed by atoms with van der Waals surface area (Å²) in [7, 11) is 0. The van der Waals surface area contributed by atoms with Crippen LogP contribution in [-0.2, 0) is 6.18 Å². The summed E-state index contributed by atoms with van der Waals surface area (Å²) in [6.45, 7) is 2.76. The molecule has 0 aromatic carbocycles. The van der Waals surface area contributed by atoms with E-state index in [-0.39, 0.29) is 11.8 Å². The lowest BCUT2D eigenvalue weighted by molar-refractivity contribution is -0.140. The maximum Gasteiger partial charge on any atom is 0.434 e. The summed E-state index contributed by atoms with van der Waals surface area (Å²) >= 11 is 1.06. The third-order valence-electron chi connectivity index (χ3n) is 5.54. The van der Waals surface area contributed by atoms with E-state index in [1.807, 2.05) is 9.80 Å². The number of thiazole rings is 1. The van der Waals surface area contributed by atoms with Crippen molar-refractivity contribution in [3.8, 4) is 0 Å². The fourth-order valence-electron chi connectivity index (χ4n) is 4.06.